The van der Waals surface area contributed by atoms with Gasteiger partial charge < -0.3 is 14.4 Å². The molecule has 2 aromatic rings. The van der Waals surface area contributed by atoms with Crippen LogP contribution in [-0.2, 0) is 0 Å². The number of thiazole rings is 1. The number of fused-ring (bicyclic) bond motifs is 1. The Labute approximate surface area is 143 Å². The molecule has 0 bridgehead atoms. The van der Waals surface area contributed by atoms with Crippen LogP contribution in [0, 0.1) is 0 Å². The van der Waals surface area contributed by atoms with Crippen molar-refractivity contribution in [3.63, 3.8) is 0 Å². The lowest BCUT2D eigenvalue weighted by atomic mass is 10.2. The highest BCUT2D eigenvalue weighted by Gasteiger charge is 2.15. The number of nitrogens with zero attached hydrogens (tertiary/aromatic N) is 3. The van der Waals surface area contributed by atoms with Gasteiger partial charge in [0.2, 0.25) is 6.79 Å². The zero-order valence-corrected chi connectivity index (χ0v) is 14.3. The van der Waals surface area contributed by atoms with E-state index < -0.39 is 0 Å². The van der Waals surface area contributed by atoms with E-state index in [1.807, 2.05) is 0 Å². The average molecular weight is 346 g/mol. The molecular weight excluding hydrogens is 328 g/mol. The number of nitrogens with one attached hydrogen (secondary N) is 1. The summed E-state index contributed by atoms with van der Waals surface area (Å²) in [7, 11) is 0. The summed E-state index contributed by atoms with van der Waals surface area (Å²) in [6.07, 6.45) is 3.34. The number of carbonyl (C=O) groups excluding carboxylic acids is 1. The number of rotatable bonds is 6. The second kappa shape index (κ2) is 7.31. The molecule has 1 aromatic carbocycles. The number of carbonyl (C=O) groups is 1. The molecule has 24 heavy (non-hydrogen) atoms. The van der Waals surface area contributed by atoms with Crippen LogP contribution in [0.4, 0.5) is 5.13 Å². The molecule has 7 nitrogen and oxygen atoms in total. The lowest BCUT2D eigenvalue weighted by Crippen LogP contribution is -2.21. The van der Waals surface area contributed by atoms with Gasteiger partial charge in [0.15, 0.2) is 16.6 Å². The SMILES string of the molecule is CCN(CC)c1ncc(/C=N\NC(=O)c2ccc3c(c2)OCO3)s1. The first-order valence-corrected chi connectivity index (χ1v) is 8.46. The molecule has 0 unspecified atom stereocenters. The predicted octanol–water partition coefficient (Wildman–Crippen LogP) is 2.48. The number of hydrazone groups is 1. The van der Waals surface area contributed by atoms with Crippen molar-refractivity contribution in [1.82, 2.24) is 10.4 Å². The Kier molecular flexibility index (Phi) is 4.95. The lowest BCUT2D eigenvalue weighted by Gasteiger charge is -2.16. The molecule has 0 spiro atoms. The molecule has 8 heteroatoms. The van der Waals surface area contributed by atoms with Crippen LogP contribution in [0.3, 0.4) is 0 Å². The quantitative estimate of drug-likeness (QED) is 0.642. The van der Waals surface area contributed by atoms with Crippen LogP contribution in [0.25, 0.3) is 0 Å². The van der Waals surface area contributed by atoms with Crippen molar-refractivity contribution in [2.24, 2.45) is 5.10 Å². The second-order valence-corrected chi connectivity index (χ2v) is 6.03. The fourth-order valence-corrected chi connectivity index (χ4v) is 3.15. The lowest BCUT2D eigenvalue weighted by molar-refractivity contribution is 0.0954. The van der Waals surface area contributed by atoms with Crippen LogP contribution in [0.15, 0.2) is 29.5 Å². The molecule has 0 fully saturated rings. The molecular formula is C16H18N4O3S. The van der Waals surface area contributed by atoms with Gasteiger partial charge in [0, 0.05) is 24.8 Å². The fraction of sp³-hybridized carbons (Fsp3) is 0.312. The minimum Gasteiger partial charge on any atom is -0.454 e. The number of anilines is 1. The molecule has 3 rings (SSSR count). The normalized spacial score (nSPS) is 12.6. The molecule has 0 atom stereocenters. The molecule has 2 heterocycles. The third-order valence-corrected chi connectivity index (χ3v) is 4.53. The van der Waals surface area contributed by atoms with E-state index in [-0.39, 0.29) is 12.7 Å². The van der Waals surface area contributed by atoms with Gasteiger partial charge >= 0.3 is 0 Å². The third-order valence-electron chi connectivity index (χ3n) is 3.54. The average Bonchev–Trinajstić information content (AvgIpc) is 3.24. The van der Waals surface area contributed by atoms with Crippen LogP contribution in [-0.4, -0.2) is 37.0 Å². The Morgan fingerprint density at radius 1 is 1.38 bits per heavy atom. The molecule has 0 aliphatic carbocycles. The molecule has 1 aromatic heterocycles. The first-order chi connectivity index (χ1) is 11.7. The fourth-order valence-electron chi connectivity index (χ4n) is 2.23. The first-order valence-electron chi connectivity index (χ1n) is 7.65. The van der Waals surface area contributed by atoms with Crippen molar-refractivity contribution in [2.45, 2.75) is 13.8 Å². The van der Waals surface area contributed by atoms with Crippen molar-refractivity contribution in [3.8, 4) is 11.5 Å². The van der Waals surface area contributed by atoms with Gasteiger partial charge in [-0.15, -0.1) is 0 Å². The Bertz CT molecular complexity index is 756. The maximum Gasteiger partial charge on any atom is 0.271 e. The summed E-state index contributed by atoms with van der Waals surface area (Å²) in [5, 5.41) is 4.94. The molecule has 0 saturated heterocycles. The summed E-state index contributed by atoms with van der Waals surface area (Å²) in [6.45, 7) is 6.16. The Balaban J connectivity index is 1.61. The van der Waals surface area contributed by atoms with E-state index >= 15 is 0 Å². The molecule has 1 aliphatic rings. The summed E-state index contributed by atoms with van der Waals surface area (Å²) in [4.78, 5) is 19.5. The maximum absolute atomic E-state index is 12.1. The van der Waals surface area contributed by atoms with E-state index in [1.54, 1.807) is 30.6 Å². The minimum atomic E-state index is -0.307. The van der Waals surface area contributed by atoms with Crippen LogP contribution in [0.1, 0.15) is 29.1 Å². The van der Waals surface area contributed by atoms with Crippen LogP contribution >= 0.6 is 11.3 Å². The summed E-state index contributed by atoms with van der Waals surface area (Å²) < 4.78 is 10.5. The largest absolute Gasteiger partial charge is 0.454 e. The zero-order chi connectivity index (χ0) is 16.9. The third kappa shape index (κ3) is 3.48. The van der Waals surface area contributed by atoms with Gasteiger partial charge in [0.05, 0.1) is 11.1 Å². The van der Waals surface area contributed by atoms with E-state index in [9.17, 15) is 4.79 Å². The minimum absolute atomic E-state index is 0.179. The van der Waals surface area contributed by atoms with Gasteiger partial charge in [0.25, 0.3) is 5.91 Å². The number of benzene rings is 1. The highest BCUT2D eigenvalue weighted by molar-refractivity contribution is 7.17. The Morgan fingerprint density at radius 3 is 2.96 bits per heavy atom. The first kappa shape index (κ1) is 16.3. The van der Waals surface area contributed by atoms with Crippen LogP contribution in [0.5, 0.6) is 11.5 Å². The van der Waals surface area contributed by atoms with Gasteiger partial charge in [-0.05, 0) is 32.0 Å². The summed E-state index contributed by atoms with van der Waals surface area (Å²) in [6, 6.07) is 5.02. The highest BCUT2D eigenvalue weighted by atomic mass is 32.1. The molecule has 1 aliphatic heterocycles. The smallest absolute Gasteiger partial charge is 0.271 e. The summed E-state index contributed by atoms with van der Waals surface area (Å²) in [5.41, 5.74) is 2.97. The maximum atomic E-state index is 12.1. The highest BCUT2D eigenvalue weighted by Crippen LogP contribution is 2.32. The Morgan fingerprint density at radius 2 is 2.17 bits per heavy atom. The van der Waals surface area contributed by atoms with E-state index in [1.165, 1.54) is 11.3 Å². The van der Waals surface area contributed by atoms with Crippen molar-refractivity contribution >= 4 is 28.6 Å². The van der Waals surface area contributed by atoms with Crippen molar-refractivity contribution in [2.75, 3.05) is 24.8 Å². The summed E-state index contributed by atoms with van der Waals surface area (Å²) >= 11 is 1.53. The number of ether oxygens (including phenoxy) is 2. The number of hydrogen-bond acceptors (Lipinski definition) is 7. The molecule has 1 amide bonds. The summed E-state index contributed by atoms with van der Waals surface area (Å²) in [5.74, 6) is 0.902. The number of hydrogen-bond donors (Lipinski definition) is 1. The standard InChI is InChI=1S/C16H18N4O3S/c1-3-20(4-2)16-17-8-12(24-16)9-18-19-15(21)11-5-6-13-14(7-11)23-10-22-13/h5-9H,3-4,10H2,1-2H3,(H,19,21)/b18-9-. The van der Waals surface area contributed by atoms with Gasteiger partial charge in [-0.25, -0.2) is 10.4 Å². The van der Waals surface area contributed by atoms with Crippen LogP contribution < -0.4 is 19.8 Å². The topological polar surface area (TPSA) is 76.1 Å². The van der Waals surface area contributed by atoms with E-state index in [0.29, 0.717) is 17.1 Å². The van der Waals surface area contributed by atoms with Crippen molar-refractivity contribution in [1.29, 1.82) is 0 Å². The molecule has 1 N–H and O–H groups in total. The Hall–Kier alpha value is -2.61. The monoisotopic (exact) mass is 346 g/mol. The second-order valence-electron chi connectivity index (χ2n) is 4.98. The van der Waals surface area contributed by atoms with Crippen molar-refractivity contribution < 1.29 is 14.3 Å². The van der Waals surface area contributed by atoms with E-state index in [4.69, 9.17) is 9.47 Å². The molecule has 126 valence electrons. The predicted molar refractivity (Wildman–Crippen MR) is 93.3 cm³/mol. The number of amides is 1. The van der Waals surface area contributed by atoms with Gasteiger partial charge in [-0.2, -0.15) is 5.10 Å². The molecule has 0 saturated carbocycles. The van der Waals surface area contributed by atoms with E-state index in [2.05, 4.69) is 34.3 Å². The van der Waals surface area contributed by atoms with Gasteiger partial charge in [-0.1, -0.05) is 11.3 Å². The van der Waals surface area contributed by atoms with Crippen LogP contribution in [0.2, 0.25) is 0 Å². The number of aromatic nitrogens is 1. The van der Waals surface area contributed by atoms with Crippen molar-refractivity contribution in [3.05, 3.63) is 34.8 Å². The van der Waals surface area contributed by atoms with Gasteiger partial charge in [-0.3, -0.25) is 4.79 Å². The van der Waals surface area contributed by atoms with Gasteiger partial charge in [0.1, 0.15) is 0 Å². The molecule has 0 radical (unpaired) electrons. The zero-order valence-electron chi connectivity index (χ0n) is 13.5. The van der Waals surface area contributed by atoms with E-state index in [0.717, 1.165) is 23.1 Å².